The number of aliphatic hydroxyl groups is 1. The number of hydrogen-bond acceptors (Lipinski definition) is 4. The van der Waals surface area contributed by atoms with E-state index in [1.54, 1.807) is 6.07 Å². The molecule has 0 amide bonds. The van der Waals surface area contributed by atoms with Crippen LogP contribution in [0.4, 0.5) is 4.39 Å². The summed E-state index contributed by atoms with van der Waals surface area (Å²) in [5.41, 5.74) is 0.739. The van der Waals surface area contributed by atoms with E-state index in [2.05, 4.69) is 10.1 Å². The lowest BCUT2D eigenvalue weighted by Gasteiger charge is -2.03. The lowest BCUT2D eigenvalue weighted by atomic mass is 10.1. The van der Waals surface area contributed by atoms with Crippen molar-refractivity contribution in [2.45, 2.75) is 31.8 Å². The number of aliphatic hydroxyl groups excluding tert-OH is 1. The summed E-state index contributed by atoms with van der Waals surface area (Å²) in [5, 5.41) is 14.0. The molecule has 0 spiro atoms. The molecule has 1 atom stereocenters. The highest BCUT2D eigenvalue weighted by Crippen LogP contribution is 2.33. The molecule has 3 rings (SSSR count). The second kappa shape index (κ2) is 5.50. The van der Waals surface area contributed by atoms with E-state index in [4.69, 9.17) is 16.1 Å². The van der Waals surface area contributed by atoms with E-state index in [1.165, 1.54) is 12.1 Å². The average Bonchev–Trinajstić information content (AvgIpc) is 3.16. The molecule has 0 aliphatic heterocycles. The van der Waals surface area contributed by atoms with Crippen LogP contribution in [0.1, 0.15) is 30.1 Å². The first-order valence-corrected chi connectivity index (χ1v) is 6.93. The molecule has 1 fully saturated rings. The molecule has 2 aromatic rings. The summed E-state index contributed by atoms with van der Waals surface area (Å²) in [5.74, 6) is 0.908. The van der Waals surface area contributed by atoms with Crippen LogP contribution in [0.25, 0.3) is 0 Å². The Morgan fingerprint density at radius 2 is 2.25 bits per heavy atom. The monoisotopic (exact) mass is 296 g/mol. The van der Waals surface area contributed by atoms with Gasteiger partial charge in [-0.15, -0.1) is 0 Å². The molecule has 6 heteroatoms. The molecule has 0 saturated heterocycles. The Kier molecular flexibility index (Phi) is 3.72. The van der Waals surface area contributed by atoms with Crippen molar-refractivity contribution in [3.63, 3.8) is 0 Å². The molecule has 1 aliphatic rings. The minimum Gasteiger partial charge on any atom is -0.392 e. The third-order valence-corrected chi connectivity index (χ3v) is 3.78. The van der Waals surface area contributed by atoms with Crippen LogP contribution in [0, 0.1) is 11.7 Å². The molecular formula is C14H14ClFN2O2. The van der Waals surface area contributed by atoms with E-state index in [0.717, 1.165) is 18.4 Å². The van der Waals surface area contributed by atoms with Gasteiger partial charge in [0.2, 0.25) is 5.89 Å². The summed E-state index contributed by atoms with van der Waals surface area (Å²) in [7, 11) is 0. The molecule has 1 aromatic carbocycles. The molecule has 1 aromatic heterocycles. The molecule has 0 radical (unpaired) electrons. The normalized spacial score (nSPS) is 16.4. The largest absolute Gasteiger partial charge is 0.392 e. The average molecular weight is 297 g/mol. The maximum absolute atomic E-state index is 13.0. The standard InChI is InChI=1S/C14H14ClFN2O2/c15-11-6-10(16)4-3-9(11)5-13-17-14(20-18-13)7-12(19)8-1-2-8/h3-4,6,8,12,19H,1-2,5,7H2. The van der Waals surface area contributed by atoms with Crippen LogP contribution >= 0.6 is 11.6 Å². The highest BCUT2D eigenvalue weighted by molar-refractivity contribution is 6.31. The zero-order valence-electron chi connectivity index (χ0n) is 10.7. The van der Waals surface area contributed by atoms with E-state index in [-0.39, 0.29) is 5.82 Å². The van der Waals surface area contributed by atoms with Crippen molar-refractivity contribution in [1.29, 1.82) is 0 Å². The van der Waals surface area contributed by atoms with Crippen LogP contribution in [0.3, 0.4) is 0 Å². The van der Waals surface area contributed by atoms with Gasteiger partial charge in [0.1, 0.15) is 5.82 Å². The van der Waals surface area contributed by atoms with Gasteiger partial charge in [0.05, 0.1) is 12.5 Å². The Hall–Kier alpha value is -1.46. The quantitative estimate of drug-likeness (QED) is 0.921. The van der Waals surface area contributed by atoms with Gasteiger partial charge in [-0.05, 0) is 36.5 Å². The predicted molar refractivity (Wildman–Crippen MR) is 70.9 cm³/mol. The molecule has 1 heterocycles. The van der Waals surface area contributed by atoms with E-state index in [9.17, 15) is 9.50 Å². The number of halogens is 2. The summed E-state index contributed by atoms with van der Waals surface area (Å²) in [6.45, 7) is 0. The van der Waals surface area contributed by atoms with Crippen molar-refractivity contribution in [3.8, 4) is 0 Å². The molecule has 106 valence electrons. The topological polar surface area (TPSA) is 59.2 Å². The minimum atomic E-state index is -0.405. The van der Waals surface area contributed by atoms with E-state index < -0.39 is 6.10 Å². The van der Waals surface area contributed by atoms with E-state index in [1.807, 2.05) is 0 Å². The highest BCUT2D eigenvalue weighted by Gasteiger charge is 2.31. The fourth-order valence-corrected chi connectivity index (χ4v) is 2.34. The maximum Gasteiger partial charge on any atom is 0.229 e. The Balaban J connectivity index is 1.67. The van der Waals surface area contributed by atoms with Crippen molar-refractivity contribution >= 4 is 11.6 Å². The zero-order valence-corrected chi connectivity index (χ0v) is 11.5. The van der Waals surface area contributed by atoms with Crippen LogP contribution in [0.2, 0.25) is 5.02 Å². The highest BCUT2D eigenvalue weighted by atomic mass is 35.5. The van der Waals surface area contributed by atoms with Crippen molar-refractivity contribution in [2.24, 2.45) is 5.92 Å². The van der Waals surface area contributed by atoms with Crippen LogP contribution < -0.4 is 0 Å². The first-order valence-electron chi connectivity index (χ1n) is 6.55. The third-order valence-electron chi connectivity index (χ3n) is 3.42. The Morgan fingerprint density at radius 1 is 1.45 bits per heavy atom. The molecule has 1 N–H and O–H groups in total. The Morgan fingerprint density at radius 3 is 2.95 bits per heavy atom. The molecule has 20 heavy (non-hydrogen) atoms. The van der Waals surface area contributed by atoms with Crippen LogP contribution in [-0.2, 0) is 12.8 Å². The smallest absolute Gasteiger partial charge is 0.229 e. The first kappa shape index (κ1) is 13.5. The predicted octanol–water partition coefficient (Wildman–Crippen LogP) is 2.77. The van der Waals surface area contributed by atoms with Crippen molar-refractivity contribution in [1.82, 2.24) is 10.1 Å². The lowest BCUT2D eigenvalue weighted by molar-refractivity contribution is 0.140. The fraction of sp³-hybridized carbons (Fsp3) is 0.429. The Bertz CT molecular complexity index is 613. The molecule has 0 bridgehead atoms. The summed E-state index contributed by atoms with van der Waals surface area (Å²) >= 11 is 5.95. The Labute approximate surface area is 120 Å². The molecular weight excluding hydrogens is 283 g/mol. The van der Waals surface area contributed by atoms with Gasteiger partial charge in [0, 0.05) is 11.4 Å². The van der Waals surface area contributed by atoms with E-state index >= 15 is 0 Å². The SMILES string of the molecule is OC(Cc1nc(Cc2ccc(F)cc2Cl)no1)C1CC1. The summed E-state index contributed by atoms with van der Waals surface area (Å²) < 4.78 is 18.1. The third kappa shape index (κ3) is 3.16. The van der Waals surface area contributed by atoms with Gasteiger partial charge in [-0.2, -0.15) is 4.98 Å². The second-order valence-electron chi connectivity index (χ2n) is 5.13. The summed E-state index contributed by atoms with van der Waals surface area (Å²) in [6.07, 6.45) is 2.48. The van der Waals surface area contributed by atoms with Gasteiger partial charge in [-0.25, -0.2) is 4.39 Å². The van der Waals surface area contributed by atoms with Crippen molar-refractivity contribution in [3.05, 3.63) is 46.3 Å². The van der Waals surface area contributed by atoms with Crippen LogP contribution in [0.15, 0.2) is 22.7 Å². The van der Waals surface area contributed by atoms with Crippen LogP contribution in [-0.4, -0.2) is 21.4 Å². The molecule has 4 nitrogen and oxygen atoms in total. The molecule has 1 unspecified atom stereocenters. The maximum atomic E-state index is 13.0. The van der Waals surface area contributed by atoms with Gasteiger partial charge in [-0.3, -0.25) is 0 Å². The van der Waals surface area contributed by atoms with Gasteiger partial charge in [0.25, 0.3) is 0 Å². The summed E-state index contributed by atoms with van der Waals surface area (Å²) in [4.78, 5) is 4.23. The van der Waals surface area contributed by atoms with E-state index in [0.29, 0.717) is 35.5 Å². The summed E-state index contributed by atoms with van der Waals surface area (Å²) in [6, 6.07) is 4.21. The van der Waals surface area contributed by atoms with Gasteiger partial charge < -0.3 is 9.63 Å². The number of aromatic nitrogens is 2. The fourth-order valence-electron chi connectivity index (χ4n) is 2.11. The van der Waals surface area contributed by atoms with Gasteiger partial charge in [-0.1, -0.05) is 22.8 Å². The zero-order chi connectivity index (χ0) is 14.1. The minimum absolute atomic E-state index is 0.342. The lowest BCUT2D eigenvalue weighted by Crippen LogP contribution is -2.12. The van der Waals surface area contributed by atoms with Crippen molar-refractivity contribution in [2.75, 3.05) is 0 Å². The van der Waals surface area contributed by atoms with Gasteiger partial charge in [0.15, 0.2) is 5.82 Å². The van der Waals surface area contributed by atoms with Crippen LogP contribution in [0.5, 0.6) is 0 Å². The van der Waals surface area contributed by atoms with Gasteiger partial charge >= 0.3 is 0 Å². The number of rotatable bonds is 5. The molecule has 1 aliphatic carbocycles. The number of benzene rings is 1. The van der Waals surface area contributed by atoms with Crippen molar-refractivity contribution < 1.29 is 14.0 Å². The molecule has 1 saturated carbocycles. The second-order valence-corrected chi connectivity index (χ2v) is 5.53. The number of nitrogens with zero attached hydrogens (tertiary/aromatic N) is 2. The first-order chi connectivity index (χ1) is 9.61. The number of hydrogen-bond donors (Lipinski definition) is 1.